The predicted octanol–water partition coefficient (Wildman–Crippen LogP) is 4.18. The molecule has 26 heavy (non-hydrogen) atoms. The van der Waals surface area contributed by atoms with Crippen molar-refractivity contribution in [3.63, 3.8) is 0 Å². The number of amides is 1. The highest BCUT2D eigenvalue weighted by Gasteiger charge is 2.26. The van der Waals surface area contributed by atoms with Crippen LogP contribution in [-0.4, -0.2) is 28.8 Å². The van der Waals surface area contributed by atoms with Gasteiger partial charge in [0, 0.05) is 11.3 Å². The van der Waals surface area contributed by atoms with E-state index in [9.17, 15) is 9.18 Å². The molecule has 0 fully saturated rings. The third-order valence-electron chi connectivity index (χ3n) is 3.64. The summed E-state index contributed by atoms with van der Waals surface area (Å²) >= 11 is 0. The van der Waals surface area contributed by atoms with Gasteiger partial charge in [0.25, 0.3) is 0 Å². The zero-order chi connectivity index (χ0) is 19.5. The lowest BCUT2D eigenvalue weighted by Crippen LogP contribution is -2.37. The summed E-state index contributed by atoms with van der Waals surface area (Å²) in [5.74, 6) is 0.135. The zero-order valence-corrected chi connectivity index (χ0v) is 16.0. The number of aromatic nitrogens is 2. The molecule has 0 spiro atoms. The molecule has 140 valence electrons. The van der Waals surface area contributed by atoms with E-state index >= 15 is 0 Å². The summed E-state index contributed by atoms with van der Waals surface area (Å²) in [6.45, 7) is 9.14. The molecule has 0 saturated heterocycles. The number of nitrogens with zero attached hydrogens (tertiary/aromatic N) is 3. The van der Waals surface area contributed by atoms with Crippen LogP contribution in [0.1, 0.15) is 37.6 Å². The number of anilines is 1. The second-order valence-electron chi connectivity index (χ2n) is 6.96. The molecular weight excluding hydrogens is 337 g/mol. The Bertz CT molecular complexity index is 803. The summed E-state index contributed by atoms with van der Waals surface area (Å²) < 4.78 is 24.3. The van der Waals surface area contributed by atoms with E-state index in [0.717, 1.165) is 17.5 Å². The average molecular weight is 361 g/mol. The fourth-order valence-electron chi connectivity index (χ4n) is 2.26. The van der Waals surface area contributed by atoms with Crippen molar-refractivity contribution < 1.29 is 18.7 Å². The molecule has 2 rings (SSSR count). The molecule has 0 aliphatic heterocycles. The molecule has 0 radical (unpaired) electrons. The summed E-state index contributed by atoms with van der Waals surface area (Å²) in [6, 6.07) is 4.88. The fourth-order valence-corrected chi connectivity index (χ4v) is 2.26. The molecule has 0 atom stereocenters. The van der Waals surface area contributed by atoms with E-state index in [1.165, 1.54) is 18.1 Å². The van der Waals surface area contributed by atoms with E-state index in [0.29, 0.717) is 11.4 Å². The van der Waals surface area contributed by atoms with Crippen LogP contribution in [0.25, 0.3) is 0 Å². The number of halogens is 1. The summed E-state index contributed by atoms with van der Waals surface area (Å²) in [4.78, 5) is 22.5. The van der Waals surface area contributed by atoms with Gasteiger partial charge >= 0.3 is 6.09 Å². The molecule has 0 N–H and O–H groups in total. The minimum atomic E-state index is -0.681. The predicted molar refractivity (Wildman–Crippen MR) is 96.9 cm³/mol. The van der Waals surface area contributed by atoms with Crippen molar-refractivity contribution in [1.29, 1.82) is 0 Å². The number of ether oxygens (including phenoxy) is 2. The molecule has 0 aliphatic rings. The first kappa shape index (κ1) is 19.6. The number of pyridine rings is 2. The van der Waals surface area contributed by atoms with E-state index in [-0.39, 0.29) is 12.4 Å². The minimum absolute atomic E-state index is 0.0122. The Balaban J connectivity index is 2.45. The third kappa shape index (κ3) is 4.91. The van der Waals surface area contributed by atoms with Gasteiger partial charge in [-0.15, -0.1) is 0 Å². The second-order valence-corrected chi connectivity index (χ2v) is 6.96. The molecule has 0 aliphatic carbocycles. The Morgan fingerprint density at radius 3 is 2.54 bits per heavy atom. The minimum Gasteiger partial charge on any atom is -0.481 e. The maximum absolute atomic E-state index is 13.7. The molecule has 6 nitrogen and oxygen atoms in total. The van der Waals surface area contributed by atoms with Crippen LogP contribution in [0.4, 0.5) is 15.0 Å². The molecule has 2 aromatic rings. The molecule has 7 heteroatoms. The first-order chi connectivity index (χ1) is 12.1. The van der Waals surface area contributed by atoms with Gasteiger partial charge in [-0.2, -0.15) is 0 Å². The van der Waals surface area contributed by atoms with Gasteiger partial charge in [0.05, 0.1) is 19.9 Å². The Labute approximate surface area is 153 Å². The Morgan fingerprint density at radius 2 is 1.96 bits per heavy atom. The van der Waals surface area contributed by atoms with E-state index in [2.05, 4.69) is 9.97 Å². The first-order valence-corrected chi connectivity index (χ1v) is 8.24. The highest BCUT2D eigenvalue weighted by Crippen LogP contribution is 2.24. The molecule has 1 amide bonds. The van der Waals surface area contributed by atoms with Crippen LogP contribution in [0.3, 0.4) is 0 Å². The van der Waals surface area contributed by atoms with Crippen molar-refractivity contribution in [3.05, 3.63) is 47.0 Å². The van der Waals surface area contributed by atoms with Gasteiger partial charge in [0.2, 0.25) is 5.88 Å². The Morgan fingerprint density at radius 1 is 1.27 bits per heavy atom. The summed E-state index contributed by atoms with van der Waals surface area (Å²) in [6.07, 6.45) is 0.480. The first-order valence-electron chi connectivity index (χ1n) is 8.24. The van der Waals surface area contributed by atoms with Crippen molar-refractivity contribution >= 4 is 11.9 Å². The summed E-state index contributed by atoms with van der Waals surface area (Å²) in [5.41, 5.74) is 1.53. The standard InChI is InChI=1S/C19H24FN3O3/c1-12-7-8-16(22-13(12)2)23(18(24)26-19(3,4)5)11-14-9-15(20)10-21-17(14)25-6/h7-10H,11H2,1-6H3. The fraction of sp³-hybridized carbons (Fsp3) is 0.421. The van der Waals surface area contributed by atoms with Crippen molar-refractivity contribution in [2.75, 3.05) is 12.0 Å². The van der Waals surface area contributed by atoms with Crippen molar-refractivity contribution in [1.82, 2.24) is 9.97 Å². The Hall–Kier alpha value is -2.70. The number of aryl methyl sites for hydroxylation is 2. The number of carbonyl (C=O) groups excluding carboxylic acids is 1. The van der Waals surface area contributed by atoms with Gasteiger partial charge in [-0.1, -0.05) is 6.07 Å². The molecule has 2 aromatic heterocycles. The van der Waals surface area contributed by atoms with Gasteiger partial charge in [-0.05, 0) is 52.3 Å². The van der Waals surface area contributed by atoms with Gasteiger partial charge < -0.3 is 9.47 Å². The van der Waals surface area contributed by atoms with E-state index in [1.54, 1.807) is 26.8 Å². The zero-order valence-electron chi connectivity index (χ0n) is 16.0. The van der Waals surface area contributed by atoms with Crippen LogP contribution < -0.4 is 9.64 Å². The Kier molecular flexibility index (Phi) is 5.79. The second kappa shape index (κ2) is 7.68. The van der Waals surface area contributed by atoms with Crippen molar-refractivity contribution in [2.24, 2.45) is 0 Å². The molecule has 2 heterocycles. The monoisotopic (exact) mass is 361 g/mol. The lowest BCUT2D eigenvalue weighted by atomic mass is 10.2. The third-order valence-corrected chi connectivity index (χ3v) is 3.64. The topological polar surface area (TPSA) is 64.5 Å². The average Bonchev–Trinajstić information content (AvgIpc) is 2.54. The van der Waals surface area contributed by atoms with E-state index in [4.69, 9.17) is 9.47 Å². The van der Waals surface area contributed by atoms with Gasteiger partial charge in [-0.3, -0.25) is 4.90 Å². The maximum Gasteiger partial charge on any atom is 0.416 e. The van der Waals surface area contributed by atoms with Crippen molar-refractivity contribution in [2.45, 2.75) is 46.8 Å². The van der Waals surface area contributed by atoms with Crippen LogP contribution in [0, 0.1) is 19.7 Å². The number of hydrogen-bond acceptors (Lipinski definition) is 5. The van der Waals surface area contributed by atoms with Crippen LogP contribution in [0.2, 0.25) is 0 Å². The highest BCUT2D eigenvalue weighted by molar-refractivity contribution is 5.86. The van der Waals surface area contributed by atoms with Crippen LogP contribution in [-0.2, 0) is 11.3 Å². The largest absolute Gasteiger partial charge is 0.481 e. The number of hydrogen-bond donors (Lipinski definition) is 0. The van der Waals surface area contributed by atoms with Crippen LogP contribution in [0.15, 0.2) is 24.4 Å². The molecule has 0 aromatic carbocycles. The molecule has 0 bridgehead atoms. The van der Waals surface area contributed by atoms with Crippen molar-refractivity contribution in [3.8, 4) is 5.88 Å². The molecular formula is C19H24FN3O3. The van der Waals surface area contributed by atoms with Crippen LogP contribution >= 0.6 is 0 Å². The molecule has 0 unspecified atom stereocenters. The van der Waals surface area contributed by atoms with E-state index in [1.807, 2.05) is 19.9 Å². The van der Waals surface area contributed by atoms with Gasteiger partial charge in [-0.25, -0.2) is 19.2 Å². The highest BCUT2D eigenvalue weighted by atomic mass is 19.1. The number of rotatable bonds is 4. The number of methoxy groups -OCH3 is 1. The maximum atomic E-state index is 13.7. The lowest BCUT2D eigenvalue weighted by molar-refractivity contribution is 0.0576. The number of carbonyl (C=O) groups is 1. The smallest absolute Gasteiger partial charge is 0.416 e. The van der Waals surface area contributed by atoms with Gasteiger partial charge in [0.1, 0.15) is 17.2 Å². The van der Waals surface area contributed by atoms with Gasteiger partial charge in [0.15, 0.2) is 0 Å². The quantitative estimate of drug-likeness (QED) is 0.817. The molecule has 0 saturated carbocycles. The van der Waals surface area contributed by atoms with Crippen LogP contribution in [0.5, 0.6) is 5.88 Å². The lowest BCUT2D eigenvalue weighted by Gasteiger charge is -2.27. The summed E-state index contributed by atoms with van der Waals surface area (Å²) in [7, 11) is 1.44. The summed E-state index contributed by atoms with van der Waals surface area (Å²) in [5, 5.41) is 0. The van der Waals surface area contributed by atoms with E-state index < -0.39 is 17.5 Å². The normalized spacial score (nSPS) is 11.2. The SMILES string of the molecule is COc1ncc(F)cc1CN(C(=O)OC(C)(C)C)c1ccc(C)c(C)n1.